The topological polar surface area (TPSA) is 35.5 Å². The molecule has 2 N–H and O–H groups in total. The van der Waals surface area contributed by atoms with E-state index < -0.39 is 0 Å². The molecule has 100 valence electrons. The first-order valence-electron chi connectivity index (χ1n) is 6.83. The number of hydrogen-bond donors (Lipinski definition) is 2. The van der Waals surface area contributed by atoms with Gasteiger partial charge in [0.15, 0.2) is 0 Å². The van der Waals surface area contributed by atoms with Crippen LogP contribution in [0.5, 0.6) is 0 Å². The van der Waals surface area contributed by atoms with Crippen molar-refractivity contribution >= 4 is 0 Å². The first-order valence-corrected chi connectivity index (χ1v) is 6.83. The highest BCUT2D eigenvalue weighted by molar-refractivity contribution is 5.14. The van der Waals surface area contributed by atoms with Crippen LogP contribution in [0, 0.1) is 5.92 Å². The summed E-state index contributed by atoms with van der Waals surface area (Å²) < 4.78 is 0. The molecule has 2 rings (SSSR count). The van der Waals surface area contributed by atoms with Crippen LogP contribution in [-0.2, 0) is 6.54 Å². The Bertz CT molecular complexity index is 353. The van der Waals surface area contributed by atoms with E-state index in [0.717, 1.165) is 19.6 Å². The molecule has 1 saturated heterocycles. The normalized spacial score (nSPS) is 26.2. The van der Waals surface area contributed by atoms with Gasteiger partial charge in [-0.2, -0.15) is 0 Å². The van der Waals surface area contributed by atoms with Gasteiger partial charge in [-0.05, 0) is 11.5 Å². The van der Waals surface area contributed by atoms with Gasteiger partial charge in [0.25, 0.3) is 0 Å². The third-order valence-electron chi connectivity index (χ3n) is 3.65. The van der Waals surface area contributed by atoms with Gasteiger partial charge >= 0.3 is 0 Å². The predicted molar refractivity (Wildman–Crippen MR) is 74.4 cm³/mol. The SMILES string of the molecule is CC(C)C1CNCC(O)CN1Cc1ccccc1. The second-order valence-electron chi connectivity index (χ2n) is 5.54. The number of rotatable bonds is 3. The maximum atomic E-state index is 9.93. The fourth-order valence-corrected chi connectivity index (χ4v) is 2.65. The molecular weight excluding hydrogens is 224 g/mol. The zero-order chi connectivity index (χ0) is 13.0. The molecule has 1 aromatic rings. The highest BCUT2D eigenvalue weighted by Crippen LogP contribution is 2.16. The van der Waals surface area contributed by atoms with Gasteiger partial charge < -0.3 is 10.4 Å². The Morgan fingerprint density at radius 2 is 2.00 bits per heavy atom. The van der Waals surface area contributed by atoms with E-state index in [1.807, 2.05) is 6.07 Å². The average molecular weight is 248 g/mol. The lowest BCUT2D eigenvalue weighted by molar-refractivity contribution is 0.0903. The van der Waals surface area contributed by atoms with Crippen molar-refractivity contribution < 1.29 is 5.11 Å². The summed E-state index contributed by atoms with van der Waals surface area (Å²) in [7, 11) is 0. The predicted octanol–water partition coefficient (Wildman–Crippen LogP) is 1.48. The number of nitrogens with one attached hydrogen (secondary N) is 1. The molecule has 2 unspecified atom stereocenters. The average Bonchev–Trinajstić information content (AvgIpc) is 2.52. The molecule has 0 aliphatic carbocycles. The van der Waals surface area contributed by atoms with Crippen molar-refractivity contribution in [3.05, 3.63) is 35.9 Å². The summed E-state index contributed by atoms with van der Waals surface area (Å²) in [5.74, 6) is 0.589. The third-order valence-corrected chi connectivity index (χ3v) is 3.65. The summed E-state index contributed by atoms with van der Waals surface area (Å²) in [6, 6.07) is 11.0. The second kappa shape index (κ2) is 6.32. The lowest BCUT2D eigenvalue weighted by Crippen LogP contribution is -2.43. The molecule has 3 nitrogen and oxygen atoms in total. The first kappa shape index (κ1) is 13.5. The van der Waals surface area contributed by atoms with E-state index in [9.17, 15) is 5.11 Å². The monoisotopic (exact) mass is 248 g/mol. The molecule has 1 aliphatic heterocycles. The Hall–Kier alpha value is -0.900. The van der Waals surface area contributed by atoms with Crippen LogP contribution < -0.4 is 5.32 Å². The fraction of sp³-hybridized carbons (Fsp3) is 0.600. The van der Waals surface area contributed by atoms with Crippen LogP contribution in [-0.4, -0.2) is 41.8 Å². The van der Waals surface area contributed by atoms with E-state index in [-0.39, 0.29) is 6.10 Å². The van der Waals surface area contributed by atoms with Crippen molar-refractivity contribution in [3.63, 3.8) is 0 Å². The van der Waals surface area contributed by atoms with Crippen LogP contribution in [0.4, 0.5) is 0 Å². The van der Waals surface area contributed by atoms with Crippen LogP contribution in [0.15, 0.2) is 30.3 Å². The molecule has 1 aliphatic rings. The number of β-amino-alcohol motifs (C(OH)–C–C–N with tert-alkyl or cyclic N) is 1. The fourth-order valence-electron chi connectivity index (χ4n) is 2.65. The van der Waals surface area contributed by atoms with E-state index in [0.29, 0.717) is 18.5 Å². The lowest BCUT2D eigenvalue weighted by atomic mass is 10.0. The Labute approximate surface area is 110 Å². The molecule has 0 bridgehead atoms. The van der Waals surface area contributed by atoms with E-state index >= 15 is 0 Å². The summed E-state index contributed by atoms with van der Waals surface area (Å²) in [6.07, 6.45) is -0.266. The summed E-state index contributed by atoms with van der Waals surface area (Å²) in [6.45, 7) is 7.84. The van der Waals surface area contributed by atoms with Gasteiger partial charge in [0.2, 0.25) is 0 Å². The molecule has 0 amide bonds. The van der Waals surface area contributed by atoms with Gasteiger partial charge in [0.05, 0.1) is 6.10 Å². The molecule has 1 aromatic carbocycles. The molecule has 3 heteroatoms. The number of benzene rings is 1. The molecule has 0 radical (unpaired) electrons. The maximum Gasteiger partial charge on any atom is 0.0791 e. The zero-order valence-corrected chi connectivity index (χ0v) is 11.3. The summed E-state index contributed by atoms with van der Waals surface area (Å²) in [5, 5.41) is 13.3. The number of aliphatic hydroxyl groups is 1. The Morgan fingerprint density at radius 3 is 2.67 bits per heavy atom. The van der Waals surface area contributed by atoms with Crippen LogP contribution in [0.2, 0.25) is 0 Å². The van der Waals surface area contributed by atoms with Crippen molar-refractivity contribution in [1.82, 2.24) is 10.2 Å². The number of nitrogens with zero attached hydrogens (tertiary/aromatic N) is 1. The van der Waals surface area contributed by atoms with Gasteiger partial charge in [-0.25, -0.2) is 0 Å². The van der Waals surface area contributed by atoms with Gasteiger partial charge in [0.1, 0.15) is 0 Å². The molecule has 18 heavy (non-hydrogen) atoms. The van der Waals surface area contributed by atoms with Crippen molar-refractivity contribution in [1.29, 1.82) is 0 Å². The lowest BCUT2D eigenvalue weighted by Gasteiger charge is -2.33. The Balaban J connectivity index is 2.09. The number of aliphatic hydroxyl groups excluding tert-OH is 1. The molecule has 1 fully saturated rings. The largest absolute Gasteiger partial charge is 0.390 e. The van der Waals surface area contributed by atoms with Crippen LogP contribution in [0.3, 0.4) is 0 Å². The van der Waals surface area contributed by atoms with Crippen LogP contribution in [0.25, 0.3) is 0 Å². The Morgan fingerprint density at radius 1 is 1.28 bits per heavy atom. The van der Waals surface area contributed by atoms with Crippen LogP contribution >= 0.6 is 0 Å². The van der Waals surface area contributed by atoms with E-state index in [1.165, 1.54) is 5.56 Å². The number of hydrogen-bond acceptors (Lipinski definition) is 3. The van der Waals surface area contributed by atoms with E-state index in [1.54, 1.807) is 0 Å². The highest BCUT2D eigenvalue weighted by Gasteiger charge is 2.26. The van der Waals surface area contributed by atoms with Crippen molar-refractivity contribution in [2.75, 3.05) is 19.6 Å². The minimum atomic E-state index is -0.266. The van der Waals surface area contributed by atoms with Crippen LogP contribution in [0.1, 0.15) is 19.4 Å². The molecule has 0 saturated carbocycles. The zero-order valence-electron chi connectivity index (χ0n) is 11.3. The second-order valence-corrected chi connectivity index (χ2v) is 5.54. The minimum Gasteiger partial charge on any atom is -0.390 e. The Kier molecular flexibility index (Phi) is 4.75. The smallest absolute Gasteiger partial charge is 0.0791 e. The molecule has 1 heterocycles. The van der Waals surface area contributed by atoms with Crippen molar-refractivity contribution in [2.45, 2.75) is 32.5 Å². The summed E-state index contributed by atoms with van der Waals surface area (Å²) in [4.78, 5) is 2.41. The van der Waals surface area contributed by atoms with Gasteiger partial charge in [0, 0.05) is 32.2 Å². The van der Waals surface area contributed by atoms with Gasteiger partial charge in [-0.3, -0.25) is 4.90 Å². The third kappa shape index (κ3) is 3.55. The molecule has 0 spiro atoms. The highest BCUT2D eigenvalue weighted by atomic mass is 16.3. The van der Waals surface area contributed by atoms with Crippen molar-refractivity contribution in [3.8, 4) is 0 Å². The standard InChI is InChI=1S/C15H24N2O/c1-12(2)15-9-16-8-14(18)11-17(15)10-13-6-4-3-5-7-13/h3-7,12,14-16,18H,8-11H2,1-2H3. The summed E-state index contributed by atoms with van der Waals surface area (Å²) in [5.41, 5.74) is 1.32. The maximum absolute atomic E-state index is 9.93. The molecular formula is C15H24N2O. The molecule has 2 atom stereocenters. The first-order chi connectivity index (χ1) is 8.66. The van der Waals surface area contributed by atoms with Gasteiger partial charge in [-0.1, -0.05) is 44.2 Å². The molecule has 0 aromatic heterocycles. The van der Waals surface area contributed by atoms with E-state index in [4.69, 9.17) is 0 Å². The van der Waals surface area contributed by atoms with Gasteiger partial charge in [-0.15, -0.1) is 0 Å². The van der Waals surface area contributed by atoms with E-state index in [2.05, 4.69) is 48.3 Å². The minimum absolute atomic E-state index is 0.266. The summed E-state index contributed by atoms with van der Waals surface area (Å²) >= 11 is 0. The van der Waals surface area contributed by atoms with Crippen molar-refractivity contribution in [2.24, 2.45) is 5.92 Å². The quantitative estimate of drug-likeness (QED) is 0.850.